The topological polar surface area (TPSA) is 47.9 Å². The van der Waals surface area contributed by atoms with Crippen LogP contribution in [0.5, 0.6) is 0 Å². The van der Waals surface area contributed by atoms with Gasteiger partial charge in [0.2, 0.25) is 0 Å². The van der Waals surface area contributed by atoms with Gasteiger partial charge < -0.3 is 9.57 Å². The minimum Gasteiger partial charge on any atom is -0.394 e. The lowest BCUT2D eigenvalue weighted by atomic mass is 10.5. The van der Waals surface area contributed by atoms with Gasteiger partial charge in [-0.15, -0.1) is 0 Å². The van der Waals surface area contributed by atoms with Gasteiger partial charge >= 0.3 is 0 Å². The Morgan fingerprint density at radius 2 is 2.64 bits per heavy atom. The molecule has 4 nitrogen and oxygen atoms in total. The van der Waals surface area contributed by atoms with Crippen molar-refractivity contribution in [3.8, 4) is 0 Å². The smallest absolute Gasteiger partial charge is 0.141 e. The van der Waals surface area contributed by atoms with Crippen LogP contribution in [0.1, 0.15) is 6.92 Å². The maximum absolute atomic E-state index is 11.3. The fourth-order valence-corrected chi connectivity index (χ4v) is 1.90. The number of nitrogens with zero attached hydrogens (tertiary/aromatic N) is 1. The van der Waals surface area contributed by atoms with Gasteiger partial charge in [-0.2, -0.15) is 0 Å². The third-order valence-corrected chi connectivity index (χ3v) is 2.93. The van der Waals surface area contributed by atoms with E-state index in [9.17, 15) is 4.21 Å². The summed E-state index contributed by atoms with van der Waals surface area (Å²) in [5.74, 6) is 0. The molecule has 0 amide bonds. The molecule has 0 N–H and O–H groups in total. The highest BCUT2D eigenvalue weighted by Crippen LogP contribution is 2.07. The quantitative estimate of drug-likeness (QED) is 0.601. The Hall–Kier alpha value is -0.420. The van der Waals surface area contributed by atoms with E-state index >= 15 is 0 Å². The van der Waals surface area contributed by atoms with Crippen LogP contribution in [0.4, 0.5) is 0 Å². The van der Waals surface area contributed by atoms with Gasteiger partial charge in [-0.3, -0.25) is 4.21 Å². The number of hydrogen-bond acceptors (Lipinski definition) is 4. The number of oxime groups is 1. The SMILES string of the molecule is COCC1CON=C(C)S1=O. The molecule has 0 aromatic rings. The predicted octanol–water partition coefficient (Wildman–Crippen LogP) is 0.114. The highest BCUT2D eigenvalue weighted by molar-refractivity contribution is 8.01. The number of hydrogen-bond donors (Lipinski definition) is 0. The minimum atomic E-state index is -1.02. The average Bonchev–Trinajstić information content (AvgIpc) is 1.99. The number of rotatable bonds is 2. The third kappa shape index (κ3) is 2.00. The van der Waals surface area contributed by atoms with Gasteiger partial charge in [-0.05, 0) is 6.92 Å². The zero-order chi connectivity index (χ0) is 8.27. The van der Waals surface area contributed by atoms with Crippen LogP contribution in [0.15, 0.2) is 5.16 Å². The van der Waals surface area contributed by atoms with Gasteiger partial charge in [0, 0.05) is 7.11 Å². The summed E-state index contributed by atoms with van der Waals surface area (Å²) < 4.78 is 16.2. The van der Waals surface area contributed by atoms with Crippen molar-refractivity contribution in [3.63, 3.8) is 0 Å². The van der Waals surface area contributed by atoms with E-state index in [1.54, 1.807) is 14.0 Å². The molecule has 0 aromatic carbocycles. The third-order valence-electron chi connectivity index (χ3n) is 1.40. The fraction of sp³-hybridized carbons (Fsp3) is 0.833. The van der Waals surface area contributed by atoms with E-state index in [4.69, 9.17) is 9.57 Å². The fourth-order valence-electron chi connectivity index (χ4n) is 0.847. The Kier molecular flexibility index (Phi) is 3.02. The van der Waals surface area contributed by atoms with Gasteiger partial charge in [0.1, 0.15) is 16.9 Å². The van der Waals surface area contributed by atoms with Crippen molar-refractivity contribution in [1.29, 1.82) is 0 Å². The molecule has 0 aromatic heterocycles. The molecule has 64 valence electrons. The summed E-state index contributed by atoms with van der Waals surface area (Å²) in [5.41, 5.74) is 0. The summed E-state index contributed by atoms with van der Waals surface area (Å²) in [7, 11) is 0.559. The first-order valence-corrected chi connectivity index (χ1v) is 4.53. The average molecular weight is 177 g/mol. The molecule has 0 fully saturated rings. The summed E-state index contributed by atoms with van der Waals surface area (Å²) in [6, 6.07) is 0. The predicted molar refractivity (Wildman–Crippen MR) is 42.9 cm³/mol. The minimum absolute atomic E-state index is 0.0579. The van der Waals surface area contributed by atoms with Crippen LogP contribution in [-0.4, -0.2) is 34.8 Å². The van der Waals surface area contributed by atoms with Crippen molar-refractivity contribution in [2.75, 3.05) is 20.3 Å². The molecule has 1 aliphatic rings. The molecular formula is C6H11NO3S. The summed E-state index contributed by atoms with van der Waals surface area (Å²) >= 11 is 0. The molecule has 5 heteroatoms. The highest BCUT2D eigenvalue weighted by Gasteiger charge is 2.23. The van der Waals surface area contributed by atoms with Crippen molar-refractivity contribution >= 4 is 15.8 Å². The lowest BCUT2D eigenvalue weighted by Crippen LogP contribution is -2.33. The standard InChI is InChI=1S/C6H11NO3S/c1-5-7-10-4-6(3-9-2)11(5)8/h6H,3-4H2,1-2H3. The highest BCUT2D eigenvalue weighted by atomic mass is 32.2. The number of ether oxygens (including phenoxy) is 1. The molecule has 0 radical (unpaired) electrons. The van der Waals surface area contributed by atoms with Gasteiger partial charge in [0.05, 0.1) is 17.4 Å². The summed E-state index contributed by atoms with van der Waals surface area (Å²) in [6.45, 7) is 2.54. The van der Waals surface area contributed by atoms with Crippen LogP contribution >= 0.6 is 0 Å². The van der Waals surface area contributed by atoms with E-state index in [-0.39, 0.29) is 5.25 Å². The largest absolute Gasteiger partial charge is 0.394 e. The Morgan fingerprint density at radius 3 is 3.27 bits per heavy atom. The maximum atomic E-state index is 11.3. The molecular weight excluding hydrogens is 166 g/mol. The van der Waals surface area contributed by atoms with Crippen LogP contribution < -0.4 is 0 Å². The van der Waals surface area contributed by atoms with E-state index in [0.717, 1.165) is 0 Å². The molecule has 0 aliphatic carbocycles. The first-order chi connectivity index (χ1) is 5.25. The summed E-state index contributed by atoms with van der Waals surface area (Å²) in [6.07, 6.45) is 0. The molecule has 0 saturated carbocycles. The lowest BCUT2D eigenvalue weighted by Gasteiger charge is -2.17. The zero-order valence-corrected chi connectivity index (χ0v) is 7.39. The van der Waals surface area contributed by atoms with Crippen LogP contribution in [0, 0.1) is 0 Å². The Morgan fingerprint density at radius 1 is 1.91 bits per heavy atom. The summed E-state index contributed by atoms with van der Waals surface area (Å²) in [4.78, 5) is 4.83. The van der Waals surface area contributed by atoms with Crippen LogP contribution in [0.3, 0.4) is 0 Å². The first kappa shape index (κ1) is 8.67. The molecule has 1 rings (SSSR count). The second-order valence-corrected chi connectivity index (χ2v) is 4.13. The van der Waals surface area contributed by atoms with Crippen LogP contribution in [0.2, 0.25) is 0 Å². The second-order valence-electron chi connectivity index (χ2n) is 2.28. The van der Waals surface area contributed by atoms with Crippen molar-refractivity contribution in [2.24, 2.45) is 5.16 Å². The van der Waals surface area contributed by atoms with Gasteiger partial charge in [-0.25, -0.2) is 0 Å². The second kappa shape index (κ2) is 3.82. The Balaban J connectivity index is 2.57. The first-order valence-electron chi connectivity index (χ1n) is 3.31. The van der Waals surface area contributed by atoms with Gasteiger partial charge in [-0.1, -0.05) is 5.16 Å². The van der Waals surface area contributed by atoms with E-state index in [0.29, 0.717) is 18.3 Å². The monoisotopic (exact) mass is 177 g/mol. The molecule has 1 aliphatic heterocycles. The molecule has 0 saturated heterocycles. The number of methoxy groups -OCH3 is 1. The van der Waals surface area contributed by atoms with Crippen molar-refractivity contribution in [2.45, 2.75) is 12.2 Å². The van der Waals surface area contributed by atoms with Gasteiger partial charge in [0.15, 0.2) is 0 Å². The van der Waals surface area contributed by atoms with E-state index in [1.807, 2.05) is 0 Å². The maximum Gasteiger partial charge on any atom is 0.141 e. The van der Waals surface area contributed by atoms with Crippen LogP contribution in [-0.2, 0) is 20.4 Å². The van der Waals surface area contributed by atoms with E-state index < -0.39 is 10.8 Å². The van der Waals surface area contributed by atoms with Crippen molar-refractivity contribution < 1.29 is 13.8 Å². The normalized spacial score (nSPS) is 30.9. The molecule has 0 spiro atoms. The Bertz CT molecular complexity index is 192. The molecule has 2 unspecified atom stereocenters. The van der Waals surface area contributed by atoms with Gasteiger partial charge in [0.25, 0.3) is 0 Å². The zero-order valence-electron chi connectivity index (χ0n) is 6.57. The van der Waals surface area contributed by atoms with Crippen molar-refractivity contribution in [1.82, 2.24) is 0 Å². The summed E-state index contributed by atoms with van der Waals surface area (Å²) in [5, 5.41) is 4.09. The molecule has 11 heavy (non-hydrogen) atoms. The Labute approximate surface area is 68.0 Å². The van der Waals surface area contributed by atoms with Crippen molar-refractivity contribution in [3.05, 3.63) is 0 Å². The van der Waals surface area contributed by atoms with E-state index in [2.05, 4.69) is 5.16 Å². The molecule has 1 heterocycles. The molecule has 2 atom stereocenters. The van der Waals surface area contributed by atoms with Crippen LogP contribution in [0.25, 0.3) is 0 Å². The van der Waals surface area contributed by atoms with E-state index in [1.165, 1.54) is 0 Å². The lowest BCUT2D eigenvalue weighted by molar-refractivity contribution is 0.110. The molecule has 0 bridgehead atoms.